The van der Waals surface area contributed by atoms with Gasteiger partial charge < -0.3 is 10.2 Å². The number of nitrogens with zero attached hydrogens (tertiary/aromatic N) is 3. The molecule has 0 radical (unpaired) electrons. The summed E-state index contributed by atoms with van der Waals surface area (Å²) in [5.74, 6) is -0.280. The average Bonchev–Trinajstić information content (AvgIpc) is 2.89. The number of nitrogens with one attached hydrogen (secondary N) is 2. The molecule has 1 aliphatic heterocycles. The van der Waals surface area contributed by atoms with Gasteiger partial charge in [-0.3, -0.25) is 9.91 Å². The van der Waals surface area contributed by atoms with Crippen LogP contribution in [-0.2, 0) is 6.54 Å². The number of hydrogen-bond acceptors (Lipinski definition) is 4. The average molecular weight is 496 g/mol. The number of piperazine rings is 1. The molecule has 1 heterocycles. The molecule has 1 aliphatic rings. The number of amides is 2. The van der Waals surface area contributed by atoms with Crippen LogP contribution in [0.1, 0.15) is 12.0 Å². The fourth-order valence-electron chi connectivity index (χ4n) is 4.12. The number of hydrogen-bond donors (Lipinski definition) is 2. The van der Waals surface area contributed by atoms with E-state index >= 15 is 0 Å². The van der Waals surface area contributed by atoms with Crippen molar-refractivity contribution < 1.29 is 9.18 Å². The number of carbonyl (C=O) groups is 1. The van der Waals surface area contributed by atoms with Crippen LogP contribution < -0.4 is 20.7 Å². The molecule has 6 nitrogen and oxygen atoms in total. The third-order valence-electron chi connectivity index (χ3n) is 6.06. The number of halogens is 2. The number of benzene rings is 3. The van der Waals surface area contributed by atoms with E-state index in [0.717, 1.165) is 55.4 Å². The molecule has 3 aromatic rings. The highest BCUT2D eigenvalue weighted by Crippen LogP contribution is 2.19. The minimum Gasteiger partial charge on any atom is -0.369 e. The van der Waals surface area contributed by atoms with Crippen molar-refractivity contribution in [2.45, 2.75) is 13.0 Å². The third-order valence-corrected chi connectivity index (χ3v) is 6.31. The van der Waals surface area contributed by atoms with Gasteiger partial charge in [0.15, 0.2) is 0 Å². The molecule has 1 fully saturated rings. The molecule has 1 saturated heterocycles. The lowest BCUT2D eigenvalue weighted by atomic mass is 10.2. The Balaban J connectivity index is 1.19. The molecule has 0 spiro atoms. The molecule has 0 atom stereocenters. The highest BCUT2D eigenvalue weighted by molar-refractivity contribution is 6.30. The van der Waals surface area contributed by atoms with E-state index in [-0.39, 0.29) is 11.8 Å². The molecule has 0 bridgehead atoms. The monoisotopic (exact) mass is 495 g/mol. The van der Waals surface area contributed by atoms with E-state index < -0.39 is 0 Å². The van der Waals surface area contributed by atoms with Gasteiger partial charge in [-0.25, -0.2) is 14.6 Å². The van der Waals surface area contributed by atoms with Crippen LogP contribution in [0, 0.1) is 5.82 Å². The Bertz CT molecular complexity index is 1060. The lowest BCUT2D eigenvalue weighted by molar-refractivity contribution is 0.235. The van der Waals surface area contributed by atoms with E-state index in [1.165, 1.54) is 17.8 Å². The minimum absolute atomic E-state index is 0.261. The van der Waals surface area contributed by atoms with Crippen LogP contribution >= 0.6 is 11.6 Å². The molecule has 2 N–H and O–H groups in total. The number of para-hydroxylation sites is 1. The van der Waals surface area contributed by atoms with Crippen molar-refractivity contribution in [3.63, 3.8) is 0 Å². The SMILES string of the molecule is O=C(NCCCN1CCN(c2ccc(Cl)cc2)CC1)NN(Cc1ccc(F)cc1)c1ccccc1. The summed E-state index contributed by atoms with van der Waals surface area (Å²) in [7, 11) is 0. The number of carbonyl (C=O) groups excluding carboxylic acids is 1. The van der Waals surface area contributed by atoms with Crippen LogP contribution in [0.5, 0.6) is 0 Å². The van der Waals surface area contributed by atoms with Crippen molar-refractivity contribution >= 4 is 29.0 Å². The Labute approximate surface area is 211 Å². The first-order valence-electron chi connectivity index (χ1n) is 11.9. The number of anilines is 2. The van der Waals surface area contributed by atoms with Gasteiger partial charge in [0.25, 0.3) is 0 Å². The van der Waals surface area contributed by atoms with Gasteiger partial charge in [-0.2, -0.15) is 0 Å². The van der Waals surface area contributed by atoms with Gasteiger partial charge in [0.1, 0.15) is 5.82 Å². The van der Waals surface area contributed by atoms with E-state index in [0.29, 0.717) is 13.1 Å². The predicted molar refractivity (Wildman–Crippen MR) is 140 cm³/mol. The van der Waals surface area contributed by atoms with Crippen LogP contribution in [0.25, 0.3) is 0 Å². The smallest absolute Gasteiger partial charge is 0.333 e. The highest BCUT2D eigenvalue weighted by Gasteiger charge is 2.17. The largest absolute Gasteiger partial charge is 0.369 e. The van der Waals surface area contributed by atoms with E-state index in [1.54, 1.807) is 17.1 Å². The van der Waals surface area contributed by atoms with Crippen LogP contribution in [0.2, 0.25) is 5.02 Å². The summed E-state index contributed by atoms with van der Waals surface area (Å²) in [6, 6.07) is 23.6. The van der Waals surface area contributed by atoms with Gasteiger partial charge in [-0.15, -0.1) is 0 Å². The standard InChI is InChI=1S/C27H31ClFN5O/c28-23-9-13-25(14-10-23)33-19-17-32(18-20-33)16-4-15-30-27(35)31-34(26-5-2-1-3-6-26)21-22-7-11-24(29)12-8-22/h1-3,5-14H,4,15-21H2,(H2,30,31,35). The third kappa shape index (κ3) is 7.60. The van der Waals surface area contributed by atoms with Crippen molar-refractivity contribution in [2.75, 3.05) is 49.2 Å². The van der Waals surface area contributed by atoms with Crippen molar-refractivity contribution in [1.29, 1.82) is 0 Å². The van der Waals surface area contributed by atoms with Gasteiger partial charge in [-0.1, -0.05) is 41.9 Å². The molecule has 35 heavy (non-hydrogen) atoms. The highest BCUT2D eigenvalue weighted by atomic mass is 35.5. The second-order valence-electron chi connectivity index (χ2n) is 8.57. The Morgan fingerprint density at radius 2 is 1.60 bits per heavy atom. The topological polar surface area (TPSA) is 50.9 Å². The maximum absolute atomic E-state index is 13.3. The van der Waals surface area contributed by atoms with Crippen molar-refractivity contribution in [3.05, 3.63) is 95.3 Å². The van der Waals surface area contributed by atoms with Crippen LogP contribution in [0.3, 0.4) is 0 Å². The Morgan fingerprint density at radius 3 is 2.29 bits per heavy atom. The first-order chi connectivity index (χ1) is 17.1. The van der Waals surface area contributed by atoms with Gasteiger partial charge in [0.05, 0.1) is 12.2 Å². The summed E-state index contributed by atoms with van der Waals surface area (Å²) in [6.45, 7) is 5.89. The van der Waals surface area contributed by atoms with Crippen LogP contribution in [-0.4, -0.2) is 50.2 Å². The second kappa shape index (κ2) is 12.4. The zero-order valence-corrected chi connectivity index (χ0v) is 20.4. The summed E-state index contributed by atoms with van der Waals surface area (Å²) in [5, 5.41) is 5.47. The molecule has 0 aliphatic carbocycles. The molecule has 0 saturated carbocycles. The summed E-state index contributed by atoms with van der Waals surface area (Å²) >= 11 is 5.99. The van der Waals surface area contributed by atoms with Gasteiger partial charge >= 0.3 is 6.03 Å². The quantitative estimate of drug-likeness (QED) is 0.327. The van der Waals surface area contributed by atoms with Crippen molar-refractivity contribution in [3.8, 4) is 0 Å². The summed E-state index contributed by atoms with van der Waals surface area (Å²) < 4.78 is 13.3. The molecule has 3 aromatic carbocycles. The van der Waals surface area contributed by atoms with Crippen molar-refractivity contribution in [2.24, 2.45) is 0 Å². The predicted octanol–water partition coefficient (Wildman–Crippen LogP) is 4.91. The summed E-state index contributed by atoms with van der Waals surface area (Å²) in [6.07, 6.45) is 0.873. The maximum Gasteiger partial charge on any atom is 0.333 e. The molecular formula is C27H31ClFN5O. The Morgan fingerprint density at radius 1 is 0.914 bits per heavy atom. The minimum atomic E-state index is -0.280. The van der Waals surface area contributed by atoms with Gasteiger partial charge in [0, 0.05) is 43.4 Å². The van der Waals surface area contributed by atoms with Gasteiger partial charge in [-0.05, 0) is 67.1 Å². The summed E-state index contributed by atoms with van der Waals surface area (Å²) in [5.41, 5.74) is 5.88. The van der Waals surface area contributed by atoms with Crippen LogP contribution in [0.15, 0.2) is 78.9 Å². The van der Waals surface area contributed by atoms with E-state index in [1.807, 2.05) is 42.5 Å². The zero-order valence-electron chi connectivity index (χ0n) is 19.7. The maximum atomic E-state index is 13.3. The Hall–Kier alpha value is -3.29. The number of rotatable bonds is 9. The van der Waals surface area contributed by atoms with Crippen LogP contribution in [0.4, 0.5) is 20.6 Å². The number of hydrazine groups is 1. The lowest BCUT2D eigenvalue weighted by Crippen LogP contribution is -2.48. The second-order valence-corrected chi connectivity index (χ2v) is 9.01. The molecule has 4 rings (SSSR count). The molecule has 0 unspecified atom stereocenters. The molecule has 0 aromatic heterocycles. The fourth-order valence-corrected chi connectivity index (χ4v) is 4.25. The first kappa shape index (κ1) is 24.8. The molecule has 2 amide bonds. The van der Waals surface area contributed by atoms with E-state index in [2.05, 4.69) is 32.7 Å². The zero-order chi connectivity index (χ0) is 24.5. The van der Waals surface area contributed by atoms with Gasteiger partial charge in [0.2, 0.25) is 0 Å². The molecular weight excluding hydrogens is 465 g/mol. The summed E-state index contributed by atoms with van der Waals surface area (Å²) in [4.78, 5) is 17.4. The first-order valence-corrected chi connectivity index (χ1v) is 12.3. The number of urea groups is 1. The van der Waals surface area contributed by atoms with Crippen molar-refractivity contribution in [1.82, 2.24) is 15.6 Å². The Kier molecular flexibility index (Phi) is 8.81. The van der Waals surface area contributed by atoms with E-state index in [4.69, 9.17) is 11.6 Å². The molecule has 8 heteroatoms. The normalized spacial score (nSPS) is 13.9. The molecule has 184 valence electrons. The fraction of sp³-hybridized carbons (Fsp3) is 0.296. The lowest BCUT2D eigenvalue weighted by Gasteiger charge is -2.36. The van der Waals surface area contributed by atoms with E-state index in [9.17, 15) is 9.18 Å².